The van der Waals surface area contributed by atoms with Crippen LogP contribution in [0.25, 0.3) is 0 Å². The molecule has 1 heterocycles. The molecule has 0 saturated carbocycles. The van der Waals surface area contributed by atoms with Crippen LogP contribution in [-0.4, -0.2) is 17.2 Å². The van der Waals surface area contributed by atoms with E-state index in [2.05, 4.69) is 28.3 Å². The molecule has 4 nitrogen and oxygen atoms in total. The van der Waals surface area contributed by atoms with Crippen molar-refractivity contribution in [2.24, 2.45) is 0 Å². The Bertz CT molecular complexity index is 1100. The van der Waals surface area contributed by atoms with E-state index in [0.717, 1.165) is 28.8 Å². The van der Waals surface area contributed by atoms with E-state index in [1.165, 1.54) is 17.7 Å². The first-order valence-electron chi connectivity index (χ1n) is 10.3. The summed E-state index contributed by atoms with van der Waals surface area (Å²) in [6, 6.07) is 19.8. The number of nitrogens with one attached hydrogen (secondary N) is 1. The van der Waals surface area contributed by atoms with Gasteiger partial charge in [0.05, 0.1) is 0 Å². The minimum atomic E-state index is -4.72. The topological polar surface area (TPSA) is 41.6 Å². The van der Waals surface area contributed by atoms with Gasteiger partial charge in [0.25, 0.3) is 5.91 Å². The molecule has 1 aliphatic rings. The number of benzene rings is 3. The Morgan fingerprint density at radius 1 is 0.938 bits per heavy atom. The Morgan fingerprint density at radius 2 is 1.62 bits per heavy atom. The average molecular weight is 440 g/mol. The van der Waals surface area contributed by atoms with Gasteiger partial charge in [-0.15, -0.1) is 13.2 Å². The highest BCUT2D eigenvalue weighted by Crippen LogP contribution is 2.29. The van der Waals surface area contributed by atoms with Gasteiger partial charge in [0.15, 0.2) is 0 Å². The van der Waals surface area contributed by atoms with Crippen molar-refractivity contribution in [2.45, 2.75) is 39.5 Å². The molecule has 0 radical (unpaired) electrons. The molecule has 1 amide bonds. The van der Waals surface area contributed by atoms with Gasteiger partial charge in [0, 0.05) is 31.7 Å². The molecule has 0 bridgehead atoms. The molecule has 0 fully saturated rings. The number of fused-ring (bicyclic) bond motifs is 1. The molecule has 7 heteroatoms. The molecule has 1 aliphatic heterocycles. The van der Waals surface area contributed by atoms with E-state index in [-0.39, 0.29) is 11.7 Å². The molecule has 0 aliphatic carbocycles. The number of carbonyl (C=O) groups excluding carboxylic acids is 1. The first-order chi connectivity index (χ1) is 15.3. The Hall–Kier alpha value is -3.32. The van der Waals surface area contributed by atoms with Crippen molar-refractivity contribution in [1.82, 2.24) is 10.2 Å². The lowest BCUT2D eigenvalue weighted by Crippen LogP contribution is -2.23. The number of amides is 1. The second-order valence-electron chi connectivity index (χ2n) is 7.89. The number of nitrogens with zero attached hydrogens (tertiary/aromatic N) is 1. The summed E-state index contributed by atoms with van der Waals surface area (Å²) in [5.74, 6) is -0.335. The second kappa shape index (κ2) is 9.04. The van der Waals surface area contributed by atoms with Crippen LogP contribution in [0.5, 0.6) is 5.75 Å². The van der Waals surface area contributed by atoms with Crippen LogP contribution in [-0.2, 0) is 26.2 Å². The SMILES string of the molecule is Cc1cc(CNCc2ccccc2)cc2c1C(=O)N(Cc1ccc(OC(F)(F)F)cc1)C2. The third kappa shape index (κ3) is 5.29. The van der Waals surface area contributed by atoms with E-state index in [1.54, 1.807) is 17.0 Å². The fraction of sp³-hybridized carbons (Fsp3) is 0.240. The van der Waals surface area contributed by atoms with E-state index < -0.39 is 6.36 Å². The van der Waals surface area contributed by atoms with Gasteiger partial charge in [-0.05, 0) is 46.9 Å². The van der Waals surface area contributed by atoms with Gasteiger partial charge < -0.3 is 15.0 Å². The molecule has 166 valence electrons. The summed E-state index contributed by atoms with van der Waals surface area (Å²) in [7, 11) is 0. The summed E-state index contributed by atoms with van der Waals surface area (Å²) in [5, 5.41) is 3.43. The van der Waals surface area contributed by atoms with Crippen LogP contribution >= 0.6 is 0 Å². The summed E-state index contributed by atoms with van der Waals surface area (Å²) in [6.07, 6.45) is -4.72. The smallest absolute Gasteiger partial charge is 0.406 e. The number of alkyl halides is 3. The number of hydrogen-bond donors (Lipinski definition) is 1. The highest BCUT2D eigenvalue weighted by molar-refractivity contribution is 5.99. The summed E-state index contributed by atoms with van der Waals surface area (Å²) < 4.78 is 40.9. The first-order valence-corrected chi connectivity index (χ1v) is 10.3. The highest BCUT2D eigenvalue weighted by atomic mass is 19.4. The molecule has 3 aromatic rings. The van der Waals surface area contributed by atoms with E-state index in [0.29, 0.717) is 25.2 Å². The number of ether oxygens (including phenoxy) is 1. The Morgan fingerprint density at radius 3 is 2.31 bits per heavy atom. The quantitative estimate of drug-likeness (QED) is 0.539. The largest absolute Gasteiger partial charge is 0.573 e. The van der Waals surface area contributed by atoms with Gasteiger partial charge in [-0.25, -0.2) is 0 Å². The molecule has 0 aromatic heterocycles. The maximum atomic E-state index is 12.9. The van der Waals surface area contributed by atoms with Crippen LogP contribution < -0.4 is 10.1 Å². The van der Waals surface area contributed by atoms with E-state index in [9.17, 15) is 18.0 Å². The third-order valence-corrected chi connectivity index (χ3v) is 5.37. The molecule has 0 spiro atoms. The molecule has 32 heavy (non-hydrogen) atoms. The van der Waals surface area contributed by atoms with Crippen LogP contribution in [0.2, 0.25) is 0 Å². The molecule has 0 unspecified atom stereocenters. The molecule has 0 atom stereocenters. The lowest BCUT2D eigenvalue weighted by atomic mass is 10.0. The van der Waals surface area contributed by atoms with Crippen molar-refractivity contribution < 1.29 is 22.7 Å². The zero-order valence-electron chi connectivity index (χ0n) is 17.6. The van der Waals surface area contributed by atoms with Gasteiger partial charge >= 0.3 is 6.36 Å². The van der Waals surface area contributed by atoms with Gasteiger partial charge in [-0.2, -0.15) is 0 Å². The van der Waals surface area contributed by atoms with Crippen molar-refractivity contribution in [1.29, 1.82) is 0 Å². The minimum absolute atomic E-state index is 0.0584. The fourth-order valence-corrected chi connectivity index (χ4v) is 4.00. The number of rotatable bonds is 7. The maximum absolute atomic E-state index is 12.9. The second-order valence-corrected chi connectivity index (χ2v) is 7.89. The molecule has 0 saturated heterocycles. The van der Waals surface area contributed by atoms with Crippen LogP contribution in [0.1, 0.15) is 38.2 Å². The maximum Gasteiger partial charge on any atom is 0.573 e. The van der Waals surface area contributed by atoms with Crippen LogP contribution in [0.15, 0.2) is 66.7 Å². The van der Waals surface area contributed by atoms with E-state index in [1.807, 2.05) is 31.2 Å². The fourth-order valence-electron chi connectivity index (χ4n) is 4.00. The average Bonchev–Trinajstić information content (AvgIpc) is 3.05. The van der Waals surface area contributed by atoms with Crippen molar-refractivity contribution in [3.63, 3.8) is 0 Å². The summed E-state index contributed by atoms with van der Waals surface area (Å²) in [6.45, 7) is 4.18. The van der Waals surface area contributed by atoms with Gasteiger partial charge in [-0.1, -0.05) is 54.6 Å². The van der Waals surface area contributed by atoms with Gasteiger partial charge in [0.2, 0.25) is 0 Å². The van der Waals surface area contributed by atoms with E-state index in [4.69, 9.17) is 0 Å². The predicted molar refractivity (Wildman–Crippen MR) is 115 cm³/mol. The number of halogens is 3. The zero-order chi connectivity index (χ0) is 22.7. The monoisotopic (exact) mass is 440 g/mol. The Labute approximate surface area is 184 Å². The molecule has 4 rings (SSSR count). The third-order valence-electron chi connectivity index (χ3n) is 5.37. The van der Waals surface area contributed by atoms with Gasteiger partial charge in [-0.3, -0.25) is 4.79 Å². The molecular formula is C25H23F3N2O2. The van der Waals surface area contributed by atoms with Crippen molar-refractivity contribution in [3.05, 3.63) is 100 Å². The zero-order valence-corrected chi connectivity index (χ0v) is 17.6. The van der Waals surface area contributed by atoms with E-state index >= 15 is 0 Å². The predicted octanol–water partition coefficient (Wildman–Crippen LogP) is 5.34. The summed E-state index contributed by atoms with van der Waals surface area (Å²) >= 11 is 0. The highest BCUT2D eigenvalue weighted by Gasteiger charge is 2.31. The summed E-state index contributed by atoms with van der Waals surface area (Å²) in [4.78, 5) is 14.6. The molecule has 3 aromatic carbocycles. The number of aryl methyl sites for hydroxylation is 1. The van der Waals surface area contributed by atoms with Crippen molar-refractivity contribution >= 4 is 5.91 Å². The van der Waals surface area contributed by atoms with Crippen LogP contribution in [0.3, 0.4) is 0 Å². The van der Waals surface area contributed by atoms with Crippen molar-refractivity contribution in [3.8, 4) is 5.75 Å². The molecular weight excluding hydrogens is 417 g/mol. The van der Waals surface area contributed by atoms with Crippen LogP contribution in [0.4, 0.5) is 13.2 Å². The molecule has 1 N–H and O–H groups in total. The lowest BCUT2D eigenvalue weighted by Gasteiger charge is -2.16. The Kier molecular flexibility index (Phi) is 6.19. The number of carbonyl (C=O) groups is 1. The first kappa shape index (κ1) is 21.9. The van der Waals surface area contributed by atoms with Gasteiger partial charge in [0.1, 0.15) is 5.75 Å². The standard InChI is InChI=1S/C25H23F3N2O2/c1-17-11-20(14-29-13-18-5-3-2-4-6-18)12-21-16-30(24(31)23(17)21)15-19-7-9-22(10-8-19)32-25(26,27)28/h2-12,29H,13-16H2,1H3. The van der Waals surface area contributed by atoms with Crippen molar-refractivity contribution in [2.75, 3.05) is 0 Å². The minimum Gasteiger partial charge on any atom is -0.406 e. The number of hydrogen-bond acceptors (Lipinski definition) is 3. The van der Waals surface area contributed by atoms with Crippen LogP contribution in [0, 0.1) is 6.92 Å². The lowest BCUT2D eigenvalue weighted by molar-refractivity contribution is -0.274. The summed E-state index contributed by atoms with van der Waals surface area (Å²) in [5.41, 5.74) is 5.68. The Balaban J connectivity index is 1.40. The normalized spacial score (nSPS) is 13.4.